The molecule has 1 aromatic heterocycles. The lowest BCUT2D eigenvalue weighted by atomic mass is 10.2. The quantitative estimate of drug-likeness (QED) is 0.567. The number of ether oxygens (including phenoxy) is 1. The van der Waals surface area contributed by atoms with Crippen LogP contribution in [0.15, 0.2) is 54.6 Å². The van der Waals surface area contributed by atoms with Crippen molar-refractivity contribution in [2.45, 2.75) is 39.8 Å². The van der Waals surface area contributed by atoms with E-state index >= 15 is 0 Å². The van der Waals surface area contributed by atoms with Crippen molar-refractivity contribution in [1.82, 2.24) is 9.13 Å². The van der Waals surface area contributed by atoms with Crippen molar-refractivity contribution in [3.63, 3.8) is 0 Å². The molecule has 0 aliphatic rings. The molecule has 0 fully saturated rings. The smallest absolute Gasteiger partial charge is 0.213 e. The number of benzene rings is 2. The first kappa shape index (κ1) is 18.3. The van der Waals surface area contributed by atoms with E-state index in [2.05, 4.69) is 6.92 Å². The molecule has 0 spiro atoms. The van der Waals surface area contributed by atoms with Crippen molar-refractivity contribution in [1.29, 1.82) is 0 Å². The number of aromatic hydroxyl groups is 1. The molecular formula is C21H24N2O2S. The Morgan fingerprint density at radius 2 is 1.73 bits per heavy atom. The molecule has 1 N–H and O–H groups in total. The molecule has 0 bridgehead atoms. The Labute approximate surface area is 159 Å². The summed E-state index contributed by atoms with van der Waals surface area (Å²) >= 11 is 5.58. The van der Waals surface area contributed by atoms with Gasteiger partial charge in [0.1, 0.15) is 12.4 Å². The largest absolute Gasteiger partial charge is 0.493 e. The van der Waals surface area contributed by atoms with E-state index in [-0.39, 0.29) is 5.88 Å². The van der Waals surface area contributed by atoms with Crippen molar-refractivity contribution < 1.29 is 9.84 Å². The third-order valence-electron chi connectivity index (χ3n) is 4.42. The second-order valence-corrected chi connectivity index (χ2v) is 6.67. The van der Waals surface area contributed by atoms with Gasteiger partial charge in [-0.1, -0.05) is 43.7 Å². The topological polar surface area (TPSA) is 39.3 Å². The molecule has 2 aromatic carbocycles. The monoisotopic (exact) mass is 368 g/mol. The second-order valence-electron chi connectivity index (χ2n) is 6.30. The van der Waals surface area contributed by atoms with E-state index < -0.39 is 0 Å². The van der Waals surface area contributed by atoms with E-state index in [1.807, 2.05) is 66.1 Å². The fourth-order valence-corrected chi connectivity index (χ4v) is 3.32. The maximum absolute atomic E-state index is 10.4. The summed E-state index contributed by atoms with van der Waals surface area (Å²) in [5.74, 6) is 1.05. The van der Waals surface area contributed by atoms with Crippen LogP contribution in [0.2, 0.25) is 0 Å². The van der Waals surface area contributed by atoms with Crippen LogP contribution >= 0.6 is 12.2 Å². The Morgan fingerprint density at radius 3 is 2.38 bits per heavy atom. The molecule has 0 saturated carbocycles. The summed E-state index contributed by atoms with van der Waals surface area (Å²) in [4.78, 5) is 0. The lowest BCUT2D eigenvalue weighted by Gasteiger charge is -2.09. The van der Waals surface area contributed by atoms with Gasteiger partial charge in [0.15, 0.2) is 4.77 Å². The van der Waals surface area contributed by atoms with E-state index in [0.717, 1.165) is 42.1 Å². The minimum absolute atomic E-state index is 0.243. The zero-order valence-corrected chi connectivity index (χ0v) is 16.0. The highest BCUT2D eigenvalue weighted by Crippen LogP contribution is 2.26. The molecular weight excluding hydrogens is 344 g/mol. The molecule has 4 nitrogen and oxygen atoms in total. The molecule has 0 atom stereocenters. The number of hydrogen-bond donors (Lipinski definition) is 1. The van der Waals surface area contributed by atoms with Gasteiger partial charge >= 0.3 is 0 Å². The molecule has 136 valence electrons. The van der Waals surface area contributed by atoms with Crippen LogP contribution in [0, 0.1) is 11.7 Å². The fraction of sp³-hybridized carbons (Fsp3) is 0.286. The highest BCUT2D eigenvalue weighted by Gasteiger charge is 2.14. The number of aromatic nitrogens is 2. The Hall–Kier alpha value is -2.53. The van der Waals surface area contributed by atoms with Gasteiger partial charge in [0.05, 0.1) is 5.69 Å². The fourth-order valence-electron chi connectivity index (χ4n) is 2.90. The van der Waals surface area contributed by atoms with Gasteiger partial charge in [-0.25, -0.2) is 0 Å². The van der Waals surface area contributed by atoms with E-state index in [4.69, 9.17) is 17.0 Å². The summed E-state index contributed by atoms with van der Waals surface area (Å²) in [6.07, 6.45) is 2.04. The lowest BCUT2D eigenvalue weighted by molar-refractivity contribution is 0.306. The second kappa shape index (κ2) is 8.23. The van der Waals surface area contributed by atoms with Crippen LogP contribution in [0.4, 0.5) is 0 Å². The van der Waals surface area contributed by atoms with E-state index in [1.54, 1.807) is 4.57 Å². The summed E-state index contributed by atoms with van der Waals surface area (Å²) in [5, 5.41) is 10.4. The average Bonchev–Trinajstić information content (AvgIpc) is 2.88. The summed E-state index contributed by atoms with van der Waals surface area (Å²) in [6.45, 7) is 5.27. The molecule has 0 unspecified atom stereocenters. The first-order chi connectivity index (χ1) is 12.6. The molecule has 0 saturated heterocycles. The molecule has 0 amide bonds. The van der Waals surface area contributed by atoms with Crippen molar-refractivity contribution in [3.8, 4) is 17.3 Å². The van der Waals surface area contributed by atoms with E-state index in [0.29, 0.717) is 11.4 Å². The van der Waals surface area contributed by atoms with Gasteiger partial charge in [-0.2, -0.15) is 0 Å². The molecule has 1 heterocycles. The zero-order valence-electron chi connectivity index (χ0n) is 15.2. The molecule has 3 rings (SSSR count). The molecule has 3 aromatic rings. The SMILES string of the molecule is CCCCn1c(O)c(C)n(-c2ccc(OCc3ccccc3)cc2)c1=S. The molecule has 0 aliphatic carbocycles. The van der Waals surface area contributed by atoms with Crippen LogP contribution in [-0.4, -0.2) is 14.2 Å². The molecule has 26 heavy (non-hydrogen) atoms. The van der Waals surface area contributed by atoms with Crippen LogP contribution in [0.5, 0.6) is 11.6 Å². The van der Waals surface area contributed by atoms with Crippen LogP contribution in [0.25, 0.3) is 5.69 Å². The van der Waals surface area contributed by atoms with Crippen molar-refractivity contribution in [2.75, 3.05) is 0 Å². The Kier molecular flexibility index (Phi) is 5.78. The normalized spacial score (nSPS) is 10.8. The zero-order chi connectivity index (χ0) is 18.5. The summed E-state index contributed by atoms with van der Waals surface area (Å²) in [5.41, 5.74) is 2.81. The Morgan fingerprint density at radius 1 is 1.04 bits per heavy atom. The van der Waals surface area contributed by atoms with Gasteiger partial charge in [0.25, 0.3) is 0 Å². The third-order valence-corrected chi connectivity index (χ3v) is 4.82. The van der Waals surface area contributed by atoms with Gasteiger partial charge in [-0.15, -0.1) is 0 Å². The van der Waals surface area contributed by atoms with Gasteiger partial charge < -0.3 is 9.84 Å². The molecule has 5 heteroatoms. The number of nitrogens with zero attached hydrogens (tertiary/aromatic N) is 2. The summed E-state index contributed by atoms with van der Waals surface area (Å²) < 4.78 is 10.2. The number of unbranched alkanes of at least 4 members (excludes halogenated alkanes) is 1. The van der Waals surface area contributed by atoms with Gasteiger partial charge in [0, 0.05) is 12.2 Å². The summed E-state index contributed by atoms with van der Waals surface area (Å²) in [7, 11) is 0. The minimum atomic E-state index is 0.243. The number of hydrogen-bond acceptors (Lipinski definition) is 3. The molecule has 0 aliphatic heterocycles. The standard InChI is InChI=1S/C21H24N2O2S/c1-3-4-14-22-20(24)16(2)23(21(22)26)18-10-12-19(13-11-18)25-15-17-8-6-5-7-9-17/h5-13,24H,3-4,14-15H2,1-2H3. The highest BCUT2D eigenvalue weighted by molar-refractivity contribution is 7.71. The van der Waals surface area contributed by atoms with Crippen LogP contribution in [-0.2, 0) is 13.2 Å². The first-order valence-corrected chi connectivity index (χ1v) is 9.31. The Balaban J connectivity index is 1.79. The average molecular weight is 369 g/mol. The van der Waals surface area contributed by atoms with Crippen LogP contribution < -0.4 is 4.74 Å². The van der Waals surface area contributed by atoms with Gasteiger partial charge in [0.2, 0.25) is 5.88 Å². The minimum Gasteiger partial charge on any atom is -0.493 e. The van der Waals surface area contributed by atoms with Crippen LogP contribution in [0.1, 0.15) is 31.0 Å². The van der Waals surface area contributed by atoms with E-state index in [9.17, 15) is 5.11 Å². The maximum atomic E-state index is 10.4. The lowest BCUT2D eigenvalue weighted by Crippen LogP contribution is -2.01. The highest BCUT2D eigenvalue weighted by atomic mass is 32.1. The predicted molar refractivity (Wildman–Crippen MR) is 107 cm³/mol. The van der Waals surface area contributed by atoms with Crippen LogP contribution in [0.3, 0.4) is 0 Å². The van der Waals surface area contributed by atoms with Crippen molar-refractivity contribution >= 4 is 12.2 Å². The van der Waals surface area contributed by atoms with Gasteiger partial charge in [-0.3, -0.25) is 9.13 Å². The Bertz CT molecular complexity index is 912. The van der Waals surface area contributed by atoms with Crippen molar-refractivity contribution in [2.24, 2.45) is 0 Å². The number of imidazole rings is 1. The third kappa shape index (κ3) is 3.83. The molecule has 0 radical (unpaired) electrons. The first-order valence-electron chi connectivity index (χ1n) is 8.90. The maximum Gasteiger partial charge on any atom is 0.213 e. The van der Waals surface area contributed by atoms with E-state index in [1.165, 1.54) is 0 Å². The summed E-state index contributed by atoms with van der Waals surface area (Å²) in [6, 6.07) is 17.9. The number of rotatable bonds is 7. The van der Waals surface area contributed by atoms with Gasteiger partial charge in [-0.05, 0) is 55.4 Å². The van der Waals surface area contributed by atoms with Crippen molar-refractivity contribution in [3.05, 3.63) is 70.6 Å². The predicted octanol–water partition coefficient (Wildman–Crippen LogP) is 5.40.